The van der Waals surface area contributed by atoms with Crippen LogP contribution in [0.2, 0.25) is 4.34 Å². The molecule has 0 radical (unpaired) electrons. The molecule has 1 aliphatic heterocycles. The van der Waals surface area contributed by atoms with Crippen molar-refractivity contribution in [3.63, 3.8) is 0 Å². The van der Waals surface area contributed by atoms with Crippen LogP contribution in [0.4, 0.5) is 0 Å². The molecule has 1 saturated heterocycles. The highest BCUT2D eigenvalue weighted by Gasteiger charge is 2.28. The first-order chi connectivity index (χ1) is 10.9. The second-order valence-electron chi connectivity index (χ2n) is 5.65. The normalized spacial score (nSPS) is 17.8. The summed E-state index contributed by atoms with van der Waals surface area (Å²) in [5, 5.41) is 9.06. The van der Waals surface area contributed by atoms with Crippen LogP contribution < -0.4 is 0 Å². The number of hydrogen-bond acceptors (Lipinski definition) is 4. The first-order valence-corrected chi connectivity index (χ1v) is 8.55. The molecular weight excluding hydrogens is 340 g/mol. The van der Waals surface area contributed by atoms with Crippen LogP contribution in [0.15, 0.2) is 12.1 Å². The Balaban J connectivity index is 1.86. The molecule has 1 aromatic rings. The number of likely N-dealkylation sites (tertiary alicyclic amines) is 1. The fourth-order valence-corrected chi connectivity index (χ4v) is 3.61. The molecule has 2 rings (SSSR count). The third-order valence-electron chi connectivity index (χ3n) is 3.88. The van der Waals surface area contributed by atoms with Gasteiger partial charge < -0.3 is 14.9 Å². The van der Waals surface area contributed by atoms with Crippen molar-refractivity contribution in [3.05, 3.63) is 21.3 Å². The zero-order chi connectivity index (χ0) is 17.0. The van der Waals surface area contributed by atoms with E-state index >= 15 is 0 Å². The quantitative estimate of drug-likeness (QED) is 0.869. The summed E-state index contributed by atoms with van der Waals surface area (Å²) in [5.41, 5.74) is 0. The summed E-state index contributed by atoms with van der Waals surface area (Å²) < 4.78 is 0.625. The zero-order valence-corrected chi connectivity index (χ0v) is 14.4. The van der Waals surface area contributed by atoms with Gasteiger partial charge in [-0.15, -0.1) is 11.3 Å². The number of amides is 2. The fourth-order valence-electron chi connectivity index (χ4n) is 2.53. The Labute approximate surface area is 143 Å². The minimum atomic E-state index is -0.874. The van der Waals surface area contributed by atoms with E-state index < -0.39 is 11.9 Å². The van der Waals surface area contributed by atoms with Crippen molar-refractivity contribution in [3.8, 4) is 0 Å². The lowest BCUT2D eigenvalue weighted by molar-refractivity contribution is -0.147. The first-order valence-electron chi connectivity index (χ1n) is 7.35. The highest BCUT2D eigenvalue weighted by molar-refractivity contribution is 7.16. The van der Waals surface area contributed by atoms with Gasteiger partial charge in [-0.25, -0.2) is 0 Å². The number of piperidine rings is 1. The van der Waals surface area contributed by atoms with Crippen molar-refractivity contribution in [1.29, 1.82) is 0 Å². The van der Waals surface area contributed by atoms with Crippen LogP contribution in [0, 0.1) is 5.92 Å². The first kappa shape index (κ1) is 17.7. The number of halogens is 1. The van der Waals surface area contributed by atoms with Crippen LogP contribution in [-0.2, 0) is 20.8 Å². The van der Waals surface area contributed by atoms with E-state index in [1.54, 1.807) is 19.2 Å². The van der Waals surface area contributed by atoms with E-state index in [0.717, 1.165) is 4.88 Å². The van der Waals surface area contributed by atoms with Crippen molar-refractivity contribution in [2.75, 3.05) is 26.7 Å². The Morgan fingerprint density at radius 1 is 1.43 bits per heavy atom. The average Bonchev–Trinajstić information content (AvgIpc) is 2.92. The number of aliphatic carboxylic acids is 1. The second-order valence-corrected chi connectivity index (χ2v) is 7.45. The molecule has 0 aromatic carbocycles. The smallest absolute Gasteiger partial charge is 0.308 e. The molecule has 2 amide bonds. The lowest BCUT2D eigenvalue weighted by atomic mass is 9.98. The number of carbonyl (C=O) groups is 3. The van der Waals surface area contributed by atoms with Crippen LogP contribution in [0.1, 0.15) is 17.7 Å². The van der Waals surface area contributed by atoms with Gasteiger partial charge in [-0.05, 0) is 25.0 Å². The number of carboxylic acid groups (broad SMARTS) is 1. The van der Waals surface area contributed by atoms with Crippen molar-refractivity contribution >= 4 is 40.7 Å². The molecule has 0 bridgehead atoms. The molecule has 1 aromatic heterocycles. The molecule has 2 heterocycles. The molecule has 1 aliphatic rings. The van der Waals surface area contributed by atoms with Gasteiger partial charge >= 0.3 is 5.97 Å². The van der Waals surface area contributed by atoms with E-state index in [9.17, 15) is 14.4 Å². The minimum absolute atomic E-state index is 0.0374. The summed E-state index contributed by atoms with van der Waals surface area (Å²) in [7, 11) is 1.58. The van der Waals surface area contributed by atoms with Crippen molar-refractivity contribution in [2.24, 2.45) is 5.92 Å². The third-order valence-corrected chi connectivity index (χ3v) is 5.11. The van der Waals surface area contributed by atoms with E-state index in [-0.39, 0.29) is 31.3 Å². The number of nitrogens with zero attached hydrogens (tertiary/aromatic N) is 2. The van der Waals surface area contributed by atoms with E-state index in [1.165, 1.54) is 21.1 Å². The molecule has 1 fully saturated rings. The van der Waals surface area contributed by atoms with E-state index in [0.29, 0.717) is 23.7 Å². The van der Waals surface area contributed by atoms with Gasteiger partial charge in [0, 0.05) is 25.0 Å². The maximum absolute atomic E-state index is 12.3. The Morgan fingerprint density at radius 2 is 2.17 bits per heavy atom. The molecule has 126 valence electrons. The SMILES string of the molecule is CN(CC(=O)N1CCCC(C(=O)O)C1)C(=O)Cc1ccc(Cl)s1. The molecule has 1 N–H and O–H groups in total. The van der Waals surface area contributed by atoms with Gasteiger partial charge in [0.2, 0.25) is 11.8 Å². The molecule has 0 spiro atoms. The monoisotopic (exact) mass is 358 g/mol. The van der Waals surface area contributed by atoms with Gasteiger partial charge in [-0.3, -0.25) is 14.4 Å². The summed E-state index contributed by atoms with van der Waals surface area (Å²) in [6.07, 6.45) is 1.47. The van der Waals surface area contributed by atoms with E-state index in [2.05, 4.69) is 0 Å². The molecule has 1 unspecified atom stereocenters. The largest absolute Gasteiger partial charge is 0.481 e. The van der Waals surface area contributed by atoms with E-state index in [1.807, 2.05) is 0 Å². The summed E-state index contributed by atoms with van der Waals surface area (Å²) in [6.45, 7) is 0.728. The van der Waals surface area contributed by atoms with Crippen LogP contribution >= 0.6 is 22.9 Å². The minimum Gasteiger partial charge on any atom is -0.481 e. The van der Waals surface area contributed by atoms with Gasteiger partial charge in [0.15, 0.2) is 0 Å². The molecule has 1 atom stereocenters. The lowest BCUT2D eigenvalue weighted by Gasteiger charge is -2.32. The van der Waals surface area contributed by atoms with Gasteiger partial charge in [0.05, 0.1) is 23.2 Å². The van der Waals surface area contributed by atoms with Gasteiger partial charge in [-0.1, -0.05) is 11.6 Å². The predicted molar refractivity (Wildman–Crippen MR) is 87.6 cm³/mol. The summed E-state index contributed by atoms with van der Waals surface area (Å²) in [4.78, 5) is 39.2. The summed E-state index contributed by atoms with van der Waals surface area (Å²) >= 11 is 7.17. The molecular formula is C15H19ClN2O4S. The second kappa shape index (κ2) is 7.79. The summed E-state index contributed by atoms with van der Waals surface area (Å²) in [5.74, 6) is -1.76. The predicted octanol–water partition coefficient (Wildman–Crippen LogP) is 1.73. The topological polar surface area (TPSA) is 77.9 Å². The standard InChI is InChI=1S/C15H19ClN2O4S/c1-17(13(19)7-11-4-5-12(16)23-11)9-14(20)18-6-2-3-10(8-18)15(21)22/h4-5,10H,2-3,6-9H2,1H3,(H,21,22). The van der Waals surface area contributed by atoms with Crippen molar-refractivity contribution in [2.45, 2.75) is 19.3 Å². The molecule has 6 nitrogen and oxygen atoms in total. The molecule has 0 saturated carbocycles. The molecule has 0 aliphatic carbocycles. The molecule has 23 heavy (non-hydrogen) atoms. The van der Waals surface area contributed by atoms with E-state index in [4.69, 9.17) is 16.7 Å². The highest BCUT2D eigenvalue weighted by Crippen LogP contribution is 2.22. The van der Waals surface area contributed by atoms with Crippen molar-refractivity contribution < 1.29 is 19.5 Å². The van der Waals surface area contributed by atoms with Gasteiger partial charge in [0.1, 0.15) is 0 Å². The lowest BCUT2D eigenvalue weighted by Crippen LogP contribution is -2.47. The summed E-state index contributed by atoms with van der Waals surface area (Å²) in [6, 6.07) is 3.53. The van der Waals surface area contributed by atoms with Gasteiger partial charge in [-0.2, -0.15) is 0 Å². The average molecular weight is 359 g/mol. The molecule has 8 heteroatoms. The number of hydrogen-bond donors (Lipinski definition) is 1. The maximum Gasteiger partial charge on any atom is 0.308 e. The fraction of sp³-hybridized carbons (Fsp3) is 0.533. The Morgan fingerprint density at radius 3 is 2.78 bits per heavy atom. The number of carbonyl (C=O) groups excluding carboxylic acids is 2. The van der Waals surface area contributed by atoms with Crippen LogP contribution in [-0.4, -0.2) is 59.4 Å². The Bertz CT molecular complexity index is 604. The zero-order valence-electron chi connectivity index (χ0n) is 12.8. The van der Waals surface area contributed by atoms with Crippen LogP contribution in [0.3, 0.4) is 0 Å². The maximum atomic E-state index is 12.3. The van der Waals surface area contributed by atoms with Crippen LogP contribution in [0.5, 0.6) is 0 Å². The highest BCUT2D eigenvalue weighted by atomic mass is 35.5. The number of rotatable bonds is 5. The third kappa shape index (κ3) is 4.94. The Kier molecular flexibility index (Phi) is 6.01. The number of thiophene rings is 1. The van der Waals surface area contributed by atoms with Crippen molar-refractivity contribution in [1.82, 2.24) is 9.80 Å². The number of carboxylic acids is 1. The number of likely N-dealkylation sites (N-methyl/N-ethyl adjacent to an activating group) is 1. The van der Waals surface area contributed by atoms with Crippen LogP contribution in [0.25, 0.3) is 0 Å². The van der Waals surface area contributed by atoms with Gasteiger partial charge in [0.25, 0.3) is 0 Å². The Hall–Kier alpha value is -1.60.